The summed E-state index contributed by atoms with van der Waals surface area (Å²) in [5.74, 6) is -2.62. The van der Waals surface area contributed by atoms with Crippen molar-refractivity contribution in [3.63, 3.8) is 0 Å². The second-order valence-electron chi connectivity index (χ2n) is 5.57. The normalized spacial score (nSPS) is 11.8. The zero-order chi connectivity index (χ0) is 20.0. The summed E-state index contributed by atoms with van der Waals surface area (Å²) >= 11 is 5.64. The average Bonchev–Trinajstić information content (AvgIpc) is 2.62. The number of aliphatic carboxylic acids is 1. The van der Waals surface area contributed by atoms with Gasteiger partial charge in [-0.05, 0) is 23.8 Å². The maximum absolute atomic E-state index is 13.7. The third-order valence-corrected chi connectivity index (χ3v) is 3.94. The fourth-order valence-corrected chi connectivity index (χ4v) is 2.41. The molecule has 0 aliphatic carbocycles. The lowest BCUT2D eigenvalue weighted by molar-refractivity contribution is -0.137. The van der Waals surface area contributed by atoms with Crippen LogP contribution in [0.1, 0.15) is 28.5 Å². The van der Waals surface area contributed by atoms with E-state index in [1.165, 1.54) is 31.4 Å². The van der Waals surface area contributed by atoms with Gasteiger partial charge in [0, 0.05) is 13.2 Å². The first-order valence-corrected chi connectivity index (χ1v) is 8.24. The van der Waals surface area contributed by atoms with Gasteiger partial charge in [-0.15, -0.1) is 0 Å². The van der Waals surface area contributed by atoms with Crippen molar-refractivity contribution in [1.82, 2.24) is 15.1 Å². The van der Waals surface area contributed by atoms with Gasteiger partial charge >= 0.3 is 5.97 Å². The molecule has 1 unspecified atom stereocenters. The Hall–Kier alpha value is -2.78. The molecule has 2 rings (SSSR count). The van der Waals surface area contributed by atoms with Gasteiger partial charge in [-0.25, -0.2) is 9.07 Å². The smallest absolute Gasteiger partial charge is 0.305 e. The van der Waals surface area contributed by atoms with Gasteiger partial charge in [-0.2, -0.15) is 5.10 Å². The summed E-state index contributed by atoms with van der Waals surface area (Å²) in [5.41, 5.74) is -0.263. The molecule has 1 atom stereocenters. The Bertz CT molecular complexity index is 902. The third kappa shape index (κ3) is 5.60. The van der Waals surface area contributed by atoms with Crippen LogP contribution in [0, 0.1) is 5.82 Å². The maximum atomic E-state index is 13.7. The number of rotatable bonds is 8. The number of halogens is 2. The van der Waals surface area contributed by atoms with Crippen molar-refractivity contribution in [2.24, 2.45) is 0 Å². The highest BCUT2D eigenvalue weighted by molar-refractivity contribution is 6.30. The van der Waals surface area contributed by atoms with Crippen LogP contribution in [0.4, 0.5) is 4.39 Å². The van der Waals surface area contributed by atoms with Crippen LogP contribution in [-0.4, -0.2) is 40.5 Å². The molecular formula is C17H17ClFN3O5. The van der Waals surface area contributed by atoms with Crippen LogP contribution in [0.25, 0.3) is 0 Å². The zero-order valence-corrected chi connectivity index (χ0v) is 15.1. The minimum atomic E-state index is -1.19. The number of aromatic nitrogens is 2. The summed E-state index contributed by atoms with van der Waals surface area (Å²) in [5, 5.41) is 15.4. The first-order valence-electron chi connectivity index (χ1n) is 7.86. The number of carbonyl (C=O) groups is 2. The fraction of sp³-hybridized carbons (Fsp3) is 0.294. The Morgan fingerprint density at radius 2 is 2.11 bits per heavy atom. The molecule has 2 N–H and O–H groups in total. The molecule has 0 aliphatic rings. The molecule has 0 saturated heterocycles. The summed E-state index contributed by atoms with van der Waals surface area (Å²) < 4.78 is 19.6. The molecule has 8 nitrogen and oxygen atoms in total. The minimum Gasteiger partial charge on any atom is -0.481 e. The molecule has 0 radical (unpaired) electrons. The Morgan fingerprint density at radius 1 is 1.37 bits per heavy atom. The Morgan fingerprint density at radius 3 is 2.74 bits per heavy atom. The molecule has 1 aromatic heterocycles. The van der Waals surface area contributed by atoms with Crippen LogP contribution >= 0.6 is 11.6 Å². The topological polar surface area (TPSA) is 111 Å². The lowest BCUT2D eigenvalue weighted by atomic mass is 10.0. The highest BCUT2D eigenvalue weighted by Crippen LogP contribution is 2.22. The number of carboxylic acids is 1. The van der Waals surface area contributed by atoms with E-state index in [0.717, 1.165) is 10.7 Å². The van der Waals surface area contributed by atoms with Crippen molar-refractivity contribution >= 4 is 23.5 Å². The van der Waals surface area contributed by atoms with Crippen molar-refractivity contribution in [2.45, 2.75) is 19.0 Å². The highest BCUT2D eigenvalue weighted by Gasteiger charge is 2.21. The van der Waals surface area contributed by atoms with Crippen molar-refractivity contribution < 1.29 is 23.8 Å². The van der Waals surface area contributed by atoms with Gasteiger partial charge in [-0.3, -0.25) is 14.4 Å². The molecular weight excluding hydrogens is 381 g/mol. The molecule has 0 saturated carbocycles. The van der Waals surface area contributed by atoms with E-state index >= 15 is 0 Å². The summed E-state index contributed by atoms with van der Waals surface area (Å²) in [7, 11) is 1.46. The van der Waals surface area contributed by atoms with Crippen LogP contribution in [-0.2, 0) is 16.1 Å². The lowest BCUT2D eigenvalue weighted by Crippen LogP contribution is -2.33. The van der Waals surface area contributed by atoms with Gasteiger partial charge in [-0.1, -0.05) is 17.7 Å². The van der Waals surface area contributed by atoms with Gasteiger partial charge in [0.1, 0.15) is 11.5 Å². The van der Waals surface area contributed by atoms with Gasteiger partial charge in [0.05, 0.1) is 30.6 Å². The molecule has 0 spiro atoms. The van der Waals surface area contributed by atoms with Crippen LogP contribution in [0.15, 0.2) is 35.1 Å². The molecule has 2 aromatic rings. The van der Waals surface area contributed by atoms with Crippen LogP contribution in [0.2, 0.25) is 5.02 Å². The zero-order valence-electron chi connectivity index (χ0n) is 14.3. The monoisotopic (exact) mass is 397 g/mol. The third-order valence-electron chi connectivity index (χ3n) is 3.64. The summed E-state index contributed by atoms with van der Waals surface area (Å²) in [6.45, 7) is 0.376. The lowest BCUT2D eigenvalue weighted by Gasteiger charge is -2.18. The predicted molar refractivity (Wildman–Crippen MR) is 94.2 cm³/mol. The average molecular weight is 398 g/mol. The molecule has 0 fully saturated rings. The molecule has 27 heavy (non-hydrogen) atoms. The van der Waals surface area contributed by atoms with Crippen molar-refractivity contribution in [3.05, 3.63) is 62.8 Å². The standard InChI is InChI=1S/C17H17ClFN3O5/c1-27-7-6-22-15(23)5-4-13(21-22)17(26)20-14(9-16(24)25)10-2-3-11(18)12(19)8-10/h2-5,8,14H,6-7,9H2,1H3,(H,20,26)(H,24,25). The minimum absolute atomic E-state index is 0.0875. The first-order chi connectivity index (χ1) is 12.8. The van der Waals surface area contributed by atoms with E-state index in [-0.39, 0.29) is 29.4 Å². The SMILES string of the molecule is COCCn1nc(C(=O)NC(CC(=O)O)c2ccc(Cl)c(F)c2)ccc1=O. The predicted octanol–water partition coefficient (Wildman–Crippen LogP) is 1.63. The number of hydrogen-bond acceptors (Lipinski definition) is 5. The van der Waals surface area contributed by atoms with Crippen LogP contribution in [0.3, 0.4) is 0 Å². The Balaban J connectivity index is 2.26. The number of ether oxygens (including phenoxy) is 1. The van der Waals surface area contributed by atoms with Gasteiger partial charge in [0.25, 0.3) is 11.5 Å². The van der Waals surface area contributed by atoms with Gasteiger partial charge < -0.3 is 15.2 Å². The number of hydrogen-bond donors (Lipinski definition) is 2. The van der Waals surface area contributed by atoms with E-state index < -0.39 is 35.7 Å². The highest BCUT2D eigenvalue weighted by atomic mass is 35.5. The van der Waals surface area contributed by atoms with E-state index in [1.54, 1.807) is 0 Å². The molecule has 1 heterocycles. The van der Waals surface area contributed by atoms with E-state index in [2.05, 4.69) is 10.4 Å². The van der Waals surface area contributed by atoms with Crippen molar-refractivity contribution in [2.75, 3.05) is 13.7 Å². The first kappa shape index (κ1) is 20.5. The van der Waals surface area contributed by atoms with Crippen molar-refractivity contribution in [1.29, 1.82) is 0 Å². The van der Waals surface area contributed by atoms with E-state index in [9.17, 15) is 18.8 Å². The van der Waals surface area contributed by atoms with E-state index in [4.69, 9.17) is 21.4 Å². The molecule has 1 amide bonds. The van der Waals surface area contributed by atoms with E-state index in [1.807, 2.05) is 0 Å². The Labute approximate surface area is 158 Å². The van der Waals surface area contributed by atoms with Crippen LogP contribution in [0.5, 0.6) is 0 Å². The second-order valence-corrected chi connectivity index (χ2v) is 5.98. The molecule has 1 aromatic carbocycles. The van der Waals surface area contributed by atoms with Gasteiger partial charge in [0.15, 0.2) is 0 Å². The quantitative estimate of drug-likeness (QED) is 0.700. The second kappa shape index (κ2) is 9.24. The molecule has 10 heteroatoms. The summed E-state index contributed by atoms with van der Waals surface area (Å²) in [4.78, 5) is 35.3. The van der Waals surface area contributed by atoms with Crippen LogP contribution < -0.4 is 10.9 Å². The molecule has 144 valence electrons. The number of amides is 1. The Kier molecular flexibility index (Phi) is 7.03. The number of nitrogens with zero attached hydrogens (tertiary/aromatic N) is 2. The molecule has 0 aliphatic heterocycles. The summed E-state index contributed by atoms with van der Waals surface area (Å²) in [6, 6.07) is 5.14. The molecule has 0 bridgehead atoms. The number of nitrogens with one attached hydrogen (secondary N) is 1. The maximum Gasteiger partial charge on any atom is 0.305 e. The van der Waals surface area contributed by atoms with E-state index in [0.29, 0.717) is 0 Å². The summed E-state index contributed by atoms with van der Waals surface area (Å²) in [6.07, 6.45) is -0.476. The fourth-order valence-electron chi connectivity index (χ4n) is 2.30. The largest absolute Gasteiger partial charge is 0.481 e. The number of benzene rings is 1. The number of methoxy groups -OCH3 is 1. The van der Waals surface area contributed by atoms with Crippen molar-refractivity contribution in [3.8, 4) is 0 Å². The number of carboxylic acid groups (broad SMARTS) is 1. The number of carbonyl (C=O) groups excluding carboxylic acids is 1. The van der Waals surface area contributed by atoms with Gasteiger partial charge in [0.2, 0.25) is 0 Å².